The third-order valence-electron chi connectivity index (χ3n) is 5.81. The van der Waals surface area contributed by atoms with Crippen molar-refractivity contribution in [2.45, 2.75) is 31.1 Å². The van der Waals surface area contributed by atoms with E-state index in [1.807, 2.05) is 36.4 Å². The molecular weight excluding hydrogens is 347 g/mol. The Balaban J connectivity index is 1.83. The van der Waals surface area contributed by atoms with Gasteiger partial charge < -0.3 is 4.57 Å². The van der Waals surface area contributed by atoms with Gasteiger partial charge in [-0.1, -0.05) is 97.1 Å². The Morgan fingerprint density at radius 1 is 0.778 bits per heavy atom. The molecule has 1 aliphatic heterocycles. The first-order chi connectivity index (χ1) is 13.1. The minimum Gasteiger partial charge on any atom is -0.317 e. The molecule has 27 heavy (non-hydrogen) atoms. The van der Waals surface area contributed by atoms with Gasteiger partial charge in [0, 0.05) is 16.6 Å². The lowest BCUT2D eigenvalue weighted by Crippen LogP contribution is -2.01. The summed E-state index contributed by atoms with van der Waals surface area (Å²) in [6.45, 7) is 6.47. The van der Waals surface area contributed by atoms with Crippen LogP contribution in [0.4, 0.5) is 0 Å². The molecule has 0 spiro atoms. The fourth-order valence-electron chi connectivity index (χ4n) is 4.37. The van der Waals surface area contributed by atoms with Crippen LogP contribution in [0.15, 0.2) is 91.5 Å². The molecule has 0 bridgehead atoms. The first kappa shape index (κ1) is 18.0. The van der Waals surface area contributed by atoms with Gasteiger partial charge in [-0.05, 0) is 36.5 Å². The smallest absolute Gasteiger partial charge is 0.129 e. The highest BCUT2D eigenvalue weighted by Gasteiger charge is 2.49. The van der Waals surface area contributed by atoms with Crippen molar-refractivity contribution in [3.63, 3.8) is 0 Å². The number of rotatable bonds is 4. The number of benzene rings is 3. The van der Waals surface area contributed by atoms with E-state index in [0.717, 1.165) is 23.7 Å². The highest BCUT2D eigenvalue weighted by molar-refractivity contribution is 7.75. The molecule has 2 atom stereocenters. The second-order valence-electron chi connectivity index (χ2n) is 7.45. The second kappa shape index (κ2) is 7.33. The Labute approximate surface area is 162 Å². The van der Waals surface area contributed by atoms with Gasteiger partial charge in [0.05, 0.1) is 0 Å². The molecule has 4 rings (SSSR count). The predicted molar refractivity (Wildman–Crippen MR) is 115 cm³/mol. The average Bonchev–Trinajstić information content (AvgIpc) is 3.07. The minimum absolute atomic E-state index is 0.0395. The maximum Gasteiger partial charge on any atom is 0.129 e. The zero-order valence-corrected chi connectivity index (χ0v) is 16.6. The van der Waals surface area contributed by atoms with E-state index in [0.29, 0.717) is 0 Å². The summed E-state index contributed by atoms with van der Waals surface area (Å²) >= 11 is 0. The fourth-order valence-corrected chi connectivity index (χ4v) is 8.40. The van der Waals surface area contributed by atoms with Crippen LogP contribution in [0.2, 0.25) is 0 Å². The molecule has 1 fully saturated rings. The molecule has 0 aliphatic carbocycles. The number of hydrogen-bond donors (Lipinski definition) is 0. The molecule has 136 valence electrons. The van der Waals surface area contributed by atoms with Crippen molar-refractivity contribution in [2.24, 2.45) is 0 Å². The molecule has 3 aromatic rings. The van der Waals surface area contributed by atoms with Crippen molar-refractivity contribution in [3.8, 4) is 0 Å². The van der Waals surface area contributed by atoms with Crippen molar-refractivity contribution in [2.75, 3.05) is 0 Å². The van der Waals surface area contributed by atoms with E-state index < -0.39 is 7.14 Å². The van der Waals surface area contributed by atoms with Gasteiger partial charge in [-0.15, -0.1) is 0 Å². The lowest BCUT2D eigenvalue weighted by Gasteiger charge is -2.29. The average molecular weight is 372 g/mol. The van der Waals surface area contributed by atoms with Crippen LogP contribution in [0, 0.1) is 6.92 Å². The summed E-state index contributed by atoms with van der Waals surface area (Å²) in [7, 11) is -2.76. The van der Waals surface area contributed by atoms with Crippen LogP contribution in [0.3, 0.4) is 0 Å². The van der Waals surface area contributed by atoms with E-state index in [2.05, 4.69) is 62.0 Å². The van der Waals surface area contributed by atoms with E-state index in [4.69, 9.17) is 0 Å². The molecule has 1 aliphatic rings. The normalized spacial score (nSPS) is 21.1. The Hall–Kier alpha value is -2.37. The van der Waals surface area contributed by atoms with Crippen molar-refractivity contribution in [3.05, 3.63) is 114 Å². The van der Waals surface area contributed by atoms with Gasteiger partial charge in [-0.2, -0.15) is 0 Å². The third-order valence-corrected chi connectivity index (χ3v) is 9.88. The van der Waals surface area contributed by atoms with Crippen LogP contribution < -0.4 is 0 Å². The second-order valence-corrected chi connectivity index (χ2v) is 10.7. The highest BCUT2D eigenvalue weighted by Crippen LogP contribution is 2.82. The minimum atomic E-state index is -2.76. The summed E-state index contributed by atoms with van der Waals surface area (Å²) in [4.78, 5) is 0. The quantitative estimate of drug-likeness (QED) is 0.431. The first-order valence-electron chi connectivity index (χ1n) is 9.56. The molecule has 0 N–H and O–H groups in total. The van der Waals surface area contributed by atoms with Gasteiger partial charge in [0.15, 0.2) is 0 Å². The Kier molecular flexibility index (Phi) is 4.89. The van der Waals surface area contributed by atoms with Crippen molar-refractivity contribution in [1.82, 2.24) is 0 Å². The lowest BCUT2D eigenvalue weighted by molar-refractivity contribution is 0.574. The maximum absolute atomic E-state index is 14.8. The molecule has 1 heterocycles. The Morgan fingerprint density at radius 2 is 1.22 bits per heavy atom. The Bertz CT molecular complexity index is 922. The van der Waals surface area contributed by atoms with E-state index in [-0.39, 0.29) is 11.3 Å². The zero-order valence-electron chi connectivity index (χ0n) is 15.7. The molecular formula is C25H25OP. The summed E-state index contributed by atoms with van der Waals surface area (Å²) in [5.74, 6) is 0. The van der Waals surface area contributed by atoms with E-state index >= 15 is 0 Å². The number of hydrogen-bond acceptors (Lipinski definition) is 1. The van der Waals surface area contributed by atoms with Crippen LogP contribution in [0.25, 0.3) is 5.31 Å². The largest absolute Gasteiger partial charge is 0.317 e. The van der Waals surface area contributed by atoms with Crippen molar-refractivity contribution in [1.29, 1.82) is 0 Å². The van der Waals surface area contributed by atoms with Gasteiger partial charge in [0.1, 0.15) is 7.14 Å². The molecule has 0 unspecified atom stereocenters. The van der Waals surface area contributed by atoms with Crippen LogP contribution in [0.5, 0.6) is 0 Å². The molecule has 2 heteroatoms. The first-order valence-corrected chi connectivity index (χ1v) is 11.4. The Morgan fingerprint density at radius 3 is 1.67 bits per heavy atom. The molecule has 1 nitrogen and oxygen atoms in total. The lowest BCUT2D eigenvalue weighted by atomic mass is 10.0. The van der Waals surface area contributed by atoms with Gasteiger partial charge in [-0.3, -0.25) is 0 Å². The predicted octanol–water partition coefficient (Wildman–Crippen LogP) is 7.61. The van der Waals surface area contributed by atoms with Crippen LogP contribution >= 0.6 is 7.14 Å². The van der Waals surface area contributed by atoms with Crippen molar-refractivity contribution < 1.29 is 4.57 Å². The summed E-state index contributed by atoms with van der Waals surface area (Å²) < 4.78 is 14.8. The van der Waals surface area contributed by atoms with Gasteiger partial charge >= 0.3 is 0 Å². The van der Waals surface area contributed by atoms with Gasteiger partial charge in [0.25, 0.3) is 0 Å². The van der Waals surface area contributed by atoms with E-state index in [1.54, 1.807) is 0 Å². The van der Waals surface area contributed by atoms with Crippen LogP contribution in [-0.2, 0) is 4.57 Å². The summed E-state index contributed by atoms with van der Waals surface area (Å²) in [5, 5.41) is 0.822. The van der Waals surface area contributed by atoms with Crippen LogP contribution in [-0.4, -0.2) is 0 Å². The standard InChI is InChI=1S/C25H25OP/c1-19-13-15-21(16-14-19)20(2)27(26)24(22-9-5-3-6-10-22)17-18-25(27)23-11-7-4-8-12-23/h3-16,24-25H,2,17-18H2,1H3/t24-,25-/m1/s1. The summed E-state index contributed by atoms with van der Waals surface area (Å²) in [5.41, 5.74) is 4.64. The highest BCUT2D eigenvalue weighted by atomic mass is 31.2. The SMILES string of the molecule is C=C(c1ccc(C)cc1)P1(=O)[C@@H](c2ccccc2)CC[C@@H]1c1ccccc1. The molecule has 0 aromatic heterocycles. The van der Waals surface area contributed by atoms with Crippen molar-refractivity contribution >= 4 is 12.5 Å². The van der Waals surface area contributed by atoms with Crippen LogP contribution in [0.1, 0.15) is 46.4 Å². The van der Waals surface area contributed by atoms with Gasteiger partial charge in [0.2, 0.25) is 0 Å². The van der Waals surface area contributed by atoms with E-state index in [1.165, 1.54) is 16.7 Å². The maximum atomic E-state index is 14.8. The van der Waals surface area contributed by atoms with Gasteiger partial charge in [-0.25, -0.2) is 0 Å². The van der Waals surface area contributed by atoms with E-state index in [9.17, 15) is 4.57 Å². The fraction of sp³-hybridized carbons (Fsp3) is 0.200. The zero-order chi connectivity index (χ0) is 18.9. The number of aryl methyl sites for hydroxylation is 1. The topological polar surface area (TPSA) is 17.1 Å². The third kappa shape index (κ3) is 3.22. The molecule has 0 radical (unpaired) electrons. The molecule has 3 aromatic carbocycles. The monoisotopic (exact) mass is 372 g/mol. The molecule has 0 saturated carbocycles. The molecule has 0 amide bonds. The summed E-state index contributed by atoms with van der Waals surface area (Å²) in [6, 6.07) is 29.0. The summed E-state index contributed by atoms with van der Waals surface area (Å²) in [6.07, 6.45) is 1.87. The molecule has 1 saturated heterocycles.